The fraction of sp³-hybridized carbons (Fsp3) is 0.0556. The van der Waals surface area contributed by atoms with Gasteiger partial charge in [0.15, 0.2) is 11.3 Å². The van der Waals surface area contributed by atoms with Crippen LogP contribution in [0.1, 0.15) is 0 Å². The highest BCUT2D eigenvalue weighted by molar-refractivity contribution is 6.30. The summed E-state index contributed by atoms with van der Waals surface area (Å²) in [6.45, 7) is 0. The summed E-state index contributed by atoms with van der Waals surface area (Å²) >= 11 is 5.97. The van der Waals surface area contributed by atoms with E-state index in [1.54, 1.807) is 48.5 Å². The maximum absolute atomic E-state index is 12.3. The van der Waals surface area contributed by atoms with Gasteiger partial charge in [0.2, 0.25) is 5.89 Å². The van der Waals surface area contributed by atoms with Gasteiger partial charge >= 0.3 is 5.63 Å². The first-order valence-corrected chi connectivity index (χ1v) is 7.74. The Kier molecular flexibility index (Phi) is 3.74. The molecule has 2 aromatic carbocycles. The van der Waals surface area contributed by atoms with Gasteiger partial charge in [0.25, 0.3) is 5.89 Å². The molecule has 0 spiro atoms. The van der Waals surface area contributed by atoms with Crippen LogP contribution < -0.4 is 10.4 Å². The highest BCUT2D eigenvalue weighted by Gasteiger charge is 2.17. The number of halogens is 1. The van der Waals surface area contributed by atoms with E-state index < -0.39 is 5.63 Å². The van der Waals surface area contributed by atoms with Crippen molar-refractivity contribution in [1.82, 2.24) is 10.2 Å². The van der Waals surface area contributed by atoms with Gasteiger partial charge in [-0.2, -0.15) is 0 Å². The molecule has 0 saturated carbocycles. The van der Waals surface area contributed by atoms with E-state index in [1.807, 2.05) is 0 Å². The average Bonchev–Trinajstić information content (AvgIpc) is 3.10. The Hall–Kier alpha value is -3.12. The number of hydrogen-bond donors (Lipinski definition) is 0. The van der Waals surface area contributed by atoms with Gasteiger partial charge in [-0.25, -0.2) is 4.79 Å². The summed E-state index contributed by atoms with van der Waals surface area (Å²) in [6.07, 6.45) is 0. The molecule has 4 aromatic rings. The zero-order chi connectivity index (χ0) is 17.4. The molecule has 0 amide bonds. The minimum absolute atomic E-state index is 0.0773. The van der Waals surface area contributed by atoms with Crippen LogP contribution in [0, 0.1) is 0 Å². The van der Waals surface area contributed by atoms with Gasteiger partial charge in [-0.05, 0) is 30.3 Å². The summed E-state index contributed by atoms with van der Waals surface area (Å²) in [5, 5.41) is 9.17. The van der Waals surface area contributed by atoms with Crippen molar-refractivity contribution in [3.05, 3.63) is 64.0 Å². The lowest BCUT2D eigenvalue weighted by Gasteiger charge is -2.03. The molecule has 4 rings (SSSR count). The molecule has 0 bridgehead atoms. The molecule has 2 aromatic heterocycles. The summed E-state index contributed by atoms with van der Waals surface area (Å²) in [5.41, 5.74) is 0.631. The van der Waals surface area contributed by atoms with Crippen LogP contribution >= 0.6 is 11.6 Å². The molecule has 0 radical (unpaired) electrons. The quantitative estimate of drug-likeness (QED) is 0.514. The molecule has 0 unspecified atom stereocenters. The van der Waals surface area contributed by atoms with Crippen molar-refractivity contribution < 1.29 is 13.6 Å². The Morgan fingerprint density at radius 3 is 2.60 bits per heavy atom. The van der Waals surface area contributed by atoms with Crippen molar-refractivity contribution >= 4 is 22.6 Å². The lowest BCUT2D eigenvalue weighted by atomic mass is 10.2. The number of methoxy groups -OCH3 is 1. The fourth-order valence-corrected chi connectivity index (χ4v) is 2.69. The van der Waals surface area contributed by atoms with Crippen LogP contribution in [0.15, 0.2) is 62.2 Å². The molecule has 124 valence electrons. The number of fused-ring (bicyclic) bond motifs is 1. The summed E-state index contributed by atoms with van der Waals surface area (Å²) in [5.74, 6) is 0.822. The van der Waals surface area contributed by atoms with Crippen LogP contribution in [-0.2, 0) is 0 Å². The van der Waals surface area contributed by atoms with Gasteiger partial charge in [0.05, 0.1) is 7.11 Å². The average molecular weight is 355 g/mol. The second-order valence-electron chi connectivity index (χ2n) is 5.25. The first-order valence-electron chi connectivity index (χ1n) is 7.36. The fourth-order valence-electron chi connectivity index (χ4n) is 2.50. The van der Waals surface area contributed by atoms with Crippen LogP contribution in [0.2, 0.25) is 5.02 Å². The zero-order valence-electron chi connectivity index (χ0n) is 13.0. The van der Waals surface area contributed by atoms with E-state index in [9.17, 15) is 4.79 Å². The van der Waals surface area contributed by atoms with Crippen molar-refractivity contribution in [2.75, 3.05) is 7.11 Å². The first kappa shape index (κ1) is 15.4. The van der Waals surface area contributed by atoms with Crippen LogP contribution in [0.25, 0.3) is 33.9 Å². The lowest BCUT2D eigenvalue weighted by Crippen LogP contribution is -2.03. The van der Waals surface area contributed by atoms with Crippen molar-refractivity contribution in [3.8, 4) is 28.7 Å². The number of aromatic nitrogens is 2. The third-order valence-corrected chi connectivity index (χ3v) is 3.91. The highest BCUT2D eigenvalue weighted by Crippen LogP contribution is 2.28. The number of nitrogens with zero attached hydrogens (tertiary/aromatic N) is 2. The molecule has 0 aliphatic heterocycles. The van der Waals surface area contributed by atoms with E-state index in [1.165, 1.54) is 7.11 Å². The number of ether oxygens (including phenoxy) is 1. The Balaban J connectivity index is 1.83. The predicted octanol–water partition coefficient (Wildman–Crippen LogP) is 4.17. The molecule has 0 saturated heterocycles. The van der Waals surface area contributed by atoms with Crippen LogP contribution in [0.5, 0.6) is 5.75 Å². The molecule has 7 heteroatoms. The van der Waals surface area contributed by atoms with Crippen molar-refractivity contribution in [1.29, 1.82) is 0 Å². The predicted molar refractivity (Wildman–Crippen MR) is 92.8 cm³/mol. The number of hydrogen-bond acceptors (Lipinski definition) is 6. The summed E-state index contributed by atoms with van der Waals surface area (Å²) < 4.78 is 16.2. The summed E-state index contributed by atoms with van der Waals surface area (Å²) in [7, 11) is 1.51. The number of rotatable bonds is 3. The number of benzene rings is 2. The van der Waals surface area contributed by atoms with Gasteiger partial charge in [0, 0.05) is 16.0 Å². The van der Waals surface area contributed by atoms with Gasteiger partial charge < -0.3 is 13.6 Å². The lowest BCUT2D eigenvalue weighted by molar-refractivity contribution is 0.406. The molecule has 25 heavy (non-hydrogen) atoms. The molecule has 0 atom stereocenters. The first-order chi connectivity index (χ1) is 12.2. The van der Waals surface area contributed by atoms with E-state index >= 15 is 0 Å². The molecule has 0 N–H and O–H groups in total. The zero-order valence-corrected chi connectivity index (χ0v) is 13.8. The second kappa shape index (κ2) is 6.07. The second-order valence-corrected chi connectivity index (χ2v) is 5.69. The molecular weight excluding hydrogens is 344 g/mol. The maximum atomic E-state index is 12.3. The normalized spacial score (nSPS) is 11.0. The minimum Gasteiger partial charge on any atom is -0.493 e. The largest absolute Gasteiger partial charge is 0.493 e. The van der Waals surface area contributed by atoms with Crippen molar-refractivity contribution in [2.24, 2.45) is 0 Å². The van der Waals surface area contributed by atoms with E-state index in [2.05, 4.69) is 10.2 Å². The summed E-state index contributed by atoms with van der Waals surface area (Å²) in [6, 6.07) is 14.0. The molecule has 0 aliphatic rings. The van der Waals surface area contributed by atoms with E-state index in [-0.39, 0.29) is 17.3 Å². The number of para-hydroxylation sites is 1. The van der Waals surface area contributed by atoms with Crippen molar-refractivity contribution in [3.63, 3.8) is 0 Å². The maximum Gasteiger partial charge on any atom is 0.349 e. The molecular formula is C18H11ClN2O4. The summed E-state index contributed by atoms with van der Waals surface area (Å²) in [4.78, 5) is 12.3. The van der Waals surface area contributed by atoms with Gasteiger partial charge in [-0.3, -0.25) is 0 Å². The van der Waals surface area contributed by atoms with Gasteiger partial charge in [-0.15, -0.1) is 10.2 Å². The Bertz CT molecular complexity index is 1130. The molecule has 0 fully saturated rings. The van der Waals surface area contributed by atoms with Gasteiger partial charge in [0.1, 0.15) is 5.56 Å². The Labute approximate surface area is 146 Å². The Morgan fingerprint density at radius 2 is 1.80 bits per heavy atom. The van der Waals surface area contributed by atoms with E-state index in [4.69, 9.17) is 25.2 Å². The van der Waals surface area contributed by atoms with Crippen LogP contribution in [-0.4, -0.2) is 17.3 Å². The topological polar surface area (TPSA) is 78.4 Å². The Morgan fingerprint density at radius 1 is 1.00 bits per heavy atom. The third-order valence-electron chi connectivity index (χ3n) is 3.67. The molecule has 0 aliphatic carbocycles. The van der Waals surface area contributed by atoms with Crippen LogP contribution in [0.4, 0.5) is 0 Å². The monoisotopic (exact) mass is 354 g/mol. The van der Waals surface area contributed by atoms with Crippen molar-refractivity contribution in [2.45, 2.75) is 0 Å². The van der Waals surface area contributed by atoms with Crippen LogP contribution in [0.3, 0.4) is 0 Å². The standard InChI is InChI=1S/C18H11ClN2O4/c1-23-14-7-3-4-10-9-13(18(22)24-15(10)14)17-21-20-16(25-17)11-5-2-6-12(19)8-11/h2-9H,1H3. The highest BCUT2D eigenvalue weighted by atomic mass is 35.5. The third kappa shape index (κ3) is 2.77. The minimum atomic E-state index is -0.585. The van der Waals surface area contributed by atoms with E-state index in [0.717, 1.165) is 0 Å². The molecule has 2 heterocycles. The smallest absolute Gasteiger partial charge is 0.349 e. The molecule has 6 nitrogen and oxygen atoms in total. The van der Waals surface area contributed by atoms with Gasteiger partial charge in [-0.1, -0.05) is 29.8 Å². The van der Waals surface area contributed by atoms with E-state index in [0.29, 0.717) is 27.3 Å². The SMILES string of the molecule is COc1cccc2cc(-c3nnc(-c4cccc(Cl)c4)o3)c(=O)oc12.